The van der Waals surface area contributed by atoms with Gasteiger partial charge in [-0.25, -0.2) is 4.98 Å². The molecule has 4 heterocycles. The number of hydrogen-bond acceptors (Lipinski definition) is 6. The van der Waals surface area contributed by atoms with Crippen LogP contribution in [0.15, 0.2) is 36.0 Å². The molecule has 1 atom stereocenters. The van der Waals surface area contributed by atoms with Crippen LogP contribution >= 0.6 is 0 Å². The zero-order chi connectivity index (χ0) is 26.7. The fourth-order valence-corrected chi connectivity index (χ4v) is 4.35. The maximum absolute atomic E-state index is 13.4. The average molecular weight is 522 g/mol. The zero-order valence-corrected chi connectivity index (χ0v) is 19.8. The topological polar surface area (TPSA) is 88.4 Å². The van der Waals surface area contributed by atoms with Gasteiger partial charge >= 0.3 is 12.4 Å². The van der Waals surface area contributed by atoms with Crippen molar-refractivity contribution in [3.05, 3.63) is 64.6 Å². The lowest BCUT2D eigenvalue weighted by atomic mass is 9.96. The minimum absolute atomic E-state index is 0.0797. The maximum Gasteiger partial charge on any atom is 0.451 e. The minimum Gasteiger partial charge on any atom is -0.356 e. The summed E-state index contributed by atoms with van der Waals surface area (Å²) in [5, 5.41) is 9.40. The number of anilines is 1. The number of hydrogen-bond donors (Lipinski definition) is 1. The van der Waals surface area contributed by atoms with Crippen molar-refractivity contribution in [3.63, 3.8) is 0 Å². The summed E-state index contributed by atoms with van der Waals surface area (Å²) in [5.41, 5.74) is 4.54. The zero-order valence-electron chi connectivity index (χ0n) is 19.8. The van der Waals surface area contributed by atoms with E-state index in [-0.39, 0.29) is 6.54 Å². The van der Waals surface area contributed by atoms with Gasteiger partial charge in [0.05, 0.1) is 23.6 Å². The number of halogens is 6. The number of benzene rings is 1. The van der Waals surface area contributed by atoms with E-state index in [2.05, 4.69) is 30.1 Å². The first-order valence-electron chi connectivity index (χ1n) is 11.2. The van der Waals surface area contributed by atoms with Crippen molar-refractivity contribution in [1.29, 1.82) is 0 Å². The van der Waals surface area contributed by atoms with Crippen LogP contribution < -0.4 is 4.90 Å². The van der Waals surface area contributed by atoms with E-state index in [0.29, 0.717) is 17.8 Å². The highest BCUT2D eigenvalue weighted by Gasteiger charge is 2.43. The number of aromatic nitrogens is 7. The Labute approximate surface area is 206 Å². The number of rotatable bonds is 3. The summed E-state index contributed by atoms with van der Waals surface area (Å²) < 4.78 is 80.4. The monoisotopic (exact) mass is 522 g/mol. The smallest absolute Gasteiger partial charge is 0.356 e. The Kier molecular flexibility index (Phi) is 5.72. The van der Waals surface area contributed by atoms with Crippen molar-refractivity contribution in [2.75, 3.05) is 11.4 Å². The number of H-pyrrole nitrogens is 1. The summed E-state index contributed by atoms with van der Waals surface area (Å²) >= 11 is 0. The van der Waals surface area contributed by atoms with Crippen LogP contribution in [0, 0.1) is 6.92 Å². The van der Waals surface area contributed by atoms with Crippen molar-refractivity contribution in [3.8, 4) is 5.69 Å². The van der Waals surface area contributed by atoms with Gasteiger partial charge in [0, 0.05) is 23.1 Å². The molecule has 1 aromatic carbocycles. The molecule has 0 unspecified atom stereocenters. The standard InChI is InChI=1S/C23H20F6N8/c1-11(2)8-17-18-14(15-9-13(4-5-16(15)31-18)37-30-10-12(3)35-37)6-7-36(17)21-33-19(22(24,25)26)32-20(34-21)23(27,28)29/h4-5,8-10,17,31H,6-7H2,1-3H3/t17-/m0/s1. The van der Waals surface area contributed by atoms with Gasteiger partial charge in [-0.15, -0.1) is 0 Å². The lowest BCUT2D eigenvalue weighted by molar-refractivity contribution is -0.155. The fourth-order valence-electron chi connectivity index (χ4n) is 4.35. The van der Waals surface area contributed by atoms with Crippen LogP contribution in [0.4, 0.5) is 32.3 Å². The summed E-state index contributed by atoms with van der Waals surface area (Å²) in [6.07, 6.45) is -6.66. The van der Waals surface area contributed by atoms with Crippen LogP contribution in [0.1, 0.15) is 48.5 Å². The van der Waals surface area contributed by atoms with E-state index in [9.17, 15) is 26.3 Å². The first-order chi connectivity index (χ1) is 17.3. The molecule has 5 rings (SSSR count). The van der Waals surface area contributed by atoms with Crippen molar-refractivity contribution < 1.29 is 26.3 Å². The number of nitrogens with zero attached hydrogens (tertiary/aromatic N) is 7. The Morgan fingerprint density at radius 1 is 1.03 bits per heavy atom. The quantitative estimate of drug-likeness (QED) is 0.288. The van der Waals surface area contributed by atoms with Gasteiger partial charge in [0.25, 0.3) is 0 Å². The number of aryl methyl sites for hydroxylation is 1. The molecule has 194 valence electrons. The van der Waals surface area contributed by atoms with E-state index in [1.165, 1.54) is 9.70 Å². The first kappa shape index (κ1) is 24.7. The Balaban J connectivity index is 1.65. The van der Waals surface area contributed by atoms with E-state index < -0.39 is 36.0 Å². The predicted octanol–water partition coefficient (Wildman–Crippen LogP) is 5.35. The number of fused-ring (bicyclic) bond motifs is 3. The molecule has 0 saturated heterocycles. The molecule has 3 aromatic heterocycles. The van der Waals surface area contributed by atoms with Crippen LogP contribution in [-0.4, -0.2) is 41.5 Å². The van der Waals surface area contributed by atoms with Gasteiger partial charge in [0.2, 0.25) is 17.6 Å². The van der Waals surface area contributed by atoms with Crippen molar-refractivity contribution in [2.24, 2.45) is 0 Å². The third kappa shape index (κ3) is 4.62. The highest BCUT2D eigenvalue weighted by Crippen LogP contribution is 2.39. The Hall–Kier alpha value is -3.97. The van der Waals surface area contributed by atoms with E-state index in [1.54, 1.807) is 26.1 Å². The molecule has 1 aliphatic rings. The van der Waals surface area contributed by atoms with Gasteiger partial charge in [-0.05, 0) is 51.0 Å². The van der Waals surface area contributed by atoms with Crippen LogP contribution in [-0.2, 0) is 18.8 Å². The predicted molar refractivity (Wildman–Crippen MR) is 121 cm³/mol. The second kappa shape index (κ2) is 8.56. The largest absolute Gasteiger partial charge is 0.451 e. The Morgan fingerprint density at radius 3 is 2.27 bits per heavy atom. The highest BCUT2D eigenvalue weighted by molar-refractivity contribution is 5.87. The van der Waals surface area contributed by atoms with E-state index >= 15 is 0 Å². The Bertz CT molecular complexity index is 1480. The summed E-state index contributed by atoms with van der Waals surface area (Å²) in [4.78, 5) is 15.5. The van der Waals surface area contributed by atoms with Crippen LogP contribution in [0.5, 0.6) is 0 Å². The van der Waals surface area contributed by atoms with E-state index in [0.717, 1.165) is 27.7 Å². The first-order valence-corrected chi connectivity index (χ1v) is 11.2. The number of nitrogens with one attached hydrogen (secondary N) is 1. The minimum atomic E-state index is -5.18. The van der Waals surface area contributed by atoms with Crippen LogP contribution in [0.2, 0.25) is 0 Å². The molecule has 37 heavy (non-hydrogen) atoms. The van der Waals surface area contributed by atoms with Crippen molar-refractivity contribution in [1.82, 2.24) is 34.9 Å². The lowest BCUT2D eigenvalue weighted by Gasteiger charge is -2.35. The number of aromatic amines is 1. The van der Waals surface area contributed by atoms with Crippen LogP contribution in [0.25, 0.3) is 16.6 Å². The molecule has 0 aliphatic carbocycles. The third-order valence-corrected chi connectivity index (χ3v) is 5.87. The summed E-state index contributed by atoms with van der Waals surface area (Å²) in [7, 11) is 0. The summed E-state index contributed by atoms with van der Waals surface area (Å²) in [6.45, 7) is 5.47. The molecule has 14 heteroatoms. The van der Waals surface area contributed by atoms with E-state index in [4.69, 9.17) is 0 Å². The fraction of sp³-hybridized carbons (Fsp3) is 0.348. The molecule has 0 amide bonds. The van der Waals surface area contributed by atoms with Crippen LogP contribution in [0.3, 0.4) is 0 Å². The van der Waals surface area contributed by atoms with Crippen molar-refractivity contribution in [2.45, 2.75) is 45.6 Å². The molecule has 1 N–H and O–H groups in total. The van der Waals surface area contributed by atoms with Gasteiger partial charge in [-0.2, -0.15) is 51.3 Å². The lowest BCUT2D eigenvalue weighted by Crippen LogP contribution is -2.37. The summed E-state index contributed by atoms with van der Waals surface area (Å²) in [5.74, 6) is -4.48. The molecule has 0 spiro atoms. The number of allylic oxidation sites excluding steroid dienone is 1. The second-order valence-corrected chi connectivity index (χ2v) is 8.93. The van der Waals surface area contributed by atoms with Gasteiger partial charge in [-0.1, -0.05) is 11.6 Å². The third-order valence-electron chi connectivity index (χ3n) is 5.87. The van der Waals surface area contributed by atoms with E-state index in [1.807, 2.05) is 25.1 Å². The summed E-state index contributed by atoms with van der Waals surface area (Å²) in [6, 6.07) is 4.80. The molecule has 0 fully saturated rings. The van der Waals surface area contributed by atoms with Gasteiger partial charge < -0.3 is 9.88 Å². The van der Waals surface area contributed by atoms with Gasteiger partial charge in [0.1, 0.15) is 0 Å². The average Bonchev–Trinajstić information content (AvgIpc) is 3.41. The second-order valence-electron chi connectivity index (χ2n) is 8.93. The molecule has 1 aliphatic heterocycles. The van der Waals surface area contributed by atoms with Gasteiger partial charge in [0.15, 0.2) is 0 Å². The molecule has 0 radical (unpaired) electrons. The normalized spacial score (nSPS) is 16.2. The Morgan fingerprint density at radius 2 is 1.70 bits per heavy atom. The highest BCUT2D eigenvalue weighted by atomic mass is 19.4. The molecule has 4 aromatic rings. The molecule has 0 saturated carbocycles. The maximum atomic E-state index is 13.4. The SMILES string of the molecule is CC(C)=C[C@H]1c2[nH]c3ccc(-n4ncc(C)n4)cc3c2CCN1c1nc(C(F)(F)F)nc(C(F)(F)F)n1. The molecular formula is C23H20F6N8. The molecule has 8 nitrogen and oxygen atoms in total. The number of alkyl halides is 6. The van der Waals surface area contributed by atoms with Crippen molar-refractivity contribution >= 4 is 16.9 Å². The van der Waals surface area contributed by atoms with Gasteiger partial charge in [-0.3, -0.25) is 0 Å². The molecular weight excluding hydrogens is 502 g/mol. The molecule has 0 bridgehead atoms.